The molecule has 5 N–H and O–H groups in total. The van der Waals surface area contributed by atoms with Crippen LogP contribution >= 0.6 is 0 Å². The number of fused-ring (bicyclic) bond motifs is 1. The summed E-state index contributed by atoms with van der Waals surface area (Å²) in [4.78, 5) is 28.8. The molecular formula is C44H63N5O9. The first kappa shape index (κ1) is 45.2. The van der Waals surface area contributed by atoms with Gasteiger partial charge in [-0.3, -0.25) is 9.59 Å². The molecular weight excluding hydrogens is 743 g/mol. The average Bonchev–Trinajstić information content (AvgIpc) is 3.68. The lowest BCUT2D eigenvalue weighted by molar-refractivity contribution is -0.304. The Morgan fingerprint density at radius 2 is 1.76 bits per heavy atom. The molecule has 14 heteroatoms. The van der Waals surface area contributed by atoms with Crippen LogP contribution in [-0.2, 0) is 30.3 Å². The monoisotopic (exact) mass is 805 g/mol. The fourth-order valence-corrected chi connectivity index (χ4v) is 8.27. The number of cyclic esters (lactones) is 1. The Morgan fingerprint density at radius 1 is 1.02 bits per heavy atom. The van der Waals surface area contributed by atoms with Crippen molar-refractivity contribution in [3.63, 3.8) is 0 Å². The summed E-state index contributed by atoms with van der Waals surface area (Å²) in [7, 11) is 3.52. The molecule has 2 aliphatic rings. The third-order valence-electron chi connectivity index (χ3n) is 11.7. The van der Waals surface area contributed by atoms with E-state index in [2.05, 4.69) is 27.8 Å². The van der Waals surface area contributed by atoms with E-state index < -0.39 is 72.7 Å². The maximum absolute atomic E-state index is 13.7. The first-order valence-electron chi connectivity index (χ1n) is 20.5. The number of nitrogens with one attached hydrogen (secondary N) is 1. The largest absolute Gasteiger partial charge is 0.462 e. The van der Waals surface area contributed by atoms with Crippen molar-refractivity contribution in [3.8, 4) is 5.69 Å². The summed E-state index contributed by atoms with van der Waals surface area (Å²) in [5, 5.41) is 58.8. The van der Waals surface area contributed by atoms with Crippen molar-refractivity contribution >= 4 is 22.5 Å². The van der Waals surface area contributed by atoms with Crippen molar-refractivity contribution < 1.29 is 44.2 Å². The summed E-state index contributed by atoms with van der Waals surface area (Å²) in [5.41, 5.74) is 2.39. The maximum atomic E-state index is 13.7. The van der Waals surface area contributed by atoms with Gasteiger partial charge >= 0.3 is 5.97 Å². The zero-order valence-corrected chi connectivity index (χ0v) is 34.8. The van der Waals surface area contributed by atoms with Crippen molar-refractivity contribution in [2.45, 2.75) is 116 Å². The number of ketones is 1. The number of nitrogens with zero attached hydrogens (tertiary/aromatic N) is 4. The highest BCUT2D eigenvalue weighted by Crippen LogP contribution is 2.34. The normalized spacial score (nSPS) is 33.5. The number of hydrogen-bond donors (Lipinski definition) is 5. The van der Waals surface area contributed by atoms with Gasteiger partial charge in [0.15, 0.2) is 12.1 Å². The molecule has 0 saturated carbocycles. The number of benzene rings is 2. The molecule has 2 aromatic carbocycles. The standard InChI is InChI=1S/C44H63N5O9/c1-8-38-32(25-50)20-26(2)16-17-36(51)27(3)21-31(18-19-45-23-33-24-49(47-46-33)35-15-11-13-30-12-9-10-14-34(30)35)43(28(4)37(52)22-39(53)57-38)58-44-42(55)40(48(6)7)41(54)29(5)56-44/h9-17,20,24,27-29,31-32,37-38,40-45,50,52,54-55H,8,18-19,21-23,25H2,1-7H3/b17-16+,26-20+/t27-,28+,29-,31+,32-,37-,38-,40?,41?,42?,43-,44+/m1/s1. The second-order valence-electron chi connectivity index (χ2n) is 16.3. The Labute approximate surface area is 341 Å². The lowest BCUT2D eigenvalue weighted by Crippen LogP contribution is -2.63. The summed E-state index contributed by atoms with van der Waals surface area (Å²) in [5.74, 6) is -2.77. The number of hydrogen-bond acceptors (Lipinski definition) is 13. The van der Waals surface area contributed by atoms with Crippen molar-refractivity contribution in [1.82, 2.24) is 25.2 Å². The molecule has 1 saturated heterocycles. The number of esters is 1. The van der Waals surface area contributed by atoms with Crippen LogP contribution in [0.2, 0.25) is 0 Å². The predicted molar refractivity (Wildman–Crippen MR) is 220 cm³/mol. The molecule has 0 spiro atoms. The second-order valence-corrected chi connectivity index (χ2v) is 16.3. The predicted octanol–water partition coefficient (Wildman–Crippen LogP) is 3.73. The summed E-state index contributed by atoms with van der Waals surface area (Å²) in [6.45, 7) is 9.64. The van der Waals surface area contributed by atoms with Crippen molar-refractivity contribution in [1.29, 1.82) is 0 Å². The van der Waals surface area contributed by atoms with E-state index in [0.717, 1.165) is 27.7 Å². The van der Waals surface area contributed by atoms with Crippen molar-refractivity contribution in [3.05, 3.63) is 78.2 Å². The van der Waals surface area contributed by atoms with Gasteiger partial charge in [-0.1, -0.05) is 80.1 Å². The molecule has 58 heavy (non-hydrogen) atoms. The number of carbonyl (C=O) groups is 2. The van der Waals surface area contributed by atoms with Crippen molar-refractivity contribution in [2.24, 2.45) is 23.7 Å². The first-order valence-corrected chi connectivity index (χ1v) is 20.5. The van der Waals surface area contributed by atoms with Gasteiger partial charge < -0.3 is 44.9 Å². The maximum Gasteiger partial charge on any atom is 0.308 e. The molecule has 0 amide bonds. The molecule has 14 nitrogen and oxygen atoms in total. The van der Waals surface area contributed by atoms with Gasteiger partial charge in [0.25, 0.3) is 0 Å². The molecule has 0 aliphatic carbocycles. The Balaban J connectivity index is 1.42. The topological polar surface area (TPSA) is 189 Å². The molecule has 0 radical (unpaired) electrons. The van der Waals surface area contributed by atoms with Crippen LogP contribution < -0.4 is 5.32 Å². The number of likely N-dealkylation sites (N-methyl/N-ethyl adjacent to an activating group) is 1. The second kappa shape index (κ2) is 20.9. The quantitative estimate of drug-likeness (QED) is 0.140. The number of aliphatic hydroxyl groups is 4. The van der Waals surface area contributed by atoms with E-state index in [-0.39, 0.29) is 24.7 Å². The van der Waals surface area contributed by atoms with Gasteiger partial charge in [-0.05, 0) is 77.2 Å². The van der Waals surface area contributed by atoms with Gasteiger partial charge in [0.2, 0.25) is 0 Å². The molecule has 2 aliphatic heterocycles. The lowest BCUT2D eigenvalue weighted by Gasteiger charge is -2.46. The zero-order valence-electron chi connectivity index (χ0n) is 34.8. The van der Waals surface area contributed by atoms with Crippen LogP contribution in [0.4, 0.5) is 0 Å². The summed E-state index contributed by atoms with van der Waals surface area (Å²) in [6, 6.07) is 13.4. The minimum atomic E-state index is -1.25. The van der Waals surface area contributed by atoms with Crippen LogP contribution in [-0.4, -0.2) is 128 Å². The summed E-state index contributed by atoms with van der Waals surface area (Å²) >= 11 is 0. The highest BCUT2D eigenvalue weighted by Gasteiger charge is 2.47. The lowest BCUT2D eigenvalue weighted by atomic mass is 9.79. The van der Waals surface area contributed by atoms with E-state index in [4.69, 9.17) is 14.2 Å². The van der Waals surface area contributed by atoms with E-state index in [1.165, 1.54) is 6.08 Å². The Bertz CT molecular complexity index is 1860. The van der Waals surface area contributed by atoms with Crippen LogP contribution in [0.1, 0.15) is 66.0 Å². The minimum Gasteiger partial charge on any atom is -0.462 e. The Hall–Kier alpha value is -3.86. The molecule has 5 rings (SSSR count). The zero-order chi connectivity index (χ0) is 42.1. The molecule has 318 valence electrons. The third kappa shape index (κ3) is 11.2. The van der Waals surface area contributed by atoms with Gasteiger partial charge in [-0.2, -0.15) is 0 Å². The fourth-order valence-electron chi connectivity index (χ4n) is 8.27. The molecule has 3 heterocycles. The highest BCUT2D eigenvalue weighted by molar-refractivity contribution is 5.92. The van der Waals surface area contributed by atoms with E-state index in [0.29, 0.717) is 32.4 Å². The number of carbonyl (C=O) groups excluding carboxylic acids is 2. The van der Waals surface area contributed by atoms with Gasteiger partial charge in [0.1, 0.15) is 12.2 Å². The molecule has 12 atom stereocenters. The highest BCUT2D eigenvalue weighted by atomic mass is 16.7. The Morgan fingerprint density at radius 3 is 2.48 bits per heavy atom. The number of rotatable bonds is 11. The number of aliphatic hydroxyl groups excluding tert-OH is 4. The molecule has 1 fully saturated rings. The molecule has 3 aromatic rings. The fraction of sp³-hybridized carbons (Fsp3) is 0.591. The van der Waals surface area contributed by atoms with Gasteiger partial charge in [0.05, 0.1) is 61.1 Å². The number of ether oxygens (including phenoxy) is 3. The van der Waals surface area contributed by atoms with Crippen molar-refractivity contribution in [2.75, 3.05) is 27.2 Å². The van der Waals surface area contributed by atoms with Gasteiger partial charge in [0, 0.05) is 29.7 Å². The third-order valence-corrected chi connectivity index (χ3v) is 11.7. The summed E-state index contributed by atoms with van der Waals surface area (Å²) < 4.78 is 20.4. The van der Waals surface area contributed by atoms with Gasteiger partial charge in [-0.15, -0.1) is 5.10 Å². The van der Waals surface area contributed by atoms with E-state index in [1.54, 1.807) is 49.7 Å². The molecule has 1 aromatic heterocycles. The van der Waals surface area contributed by atoms with Crippen LogP contribution in [0.5, 0.6) is 0 Å². The summed E-state index contributed by atoms with van der Waals surface area (Å²) in [6.07, 6.45) is 1.06. The van der Waals surface area contributed by atoms with E-state index in [1.807, 2.05) is 57.3 Å². The van der Waals surface area contributed by atoms with E-state index >= 15 is 0 Å². The van der Waals surface area contributed by atoms with Crippen LogP contribution in [0, 0.1) is 23.7 Å². The van der Waals surface area contributed by atoms with Crippen LogP contribution in [0.3, 0.4) is 0 Å². The molecule has 0 bridgehead atoms. The van der Waals surface area contributed by atoms with Crippen LogP contribution in [0.25, 0.3) is 16.5 Å². The molecule has 3 unspecified atom stereocenters. The average molecular weight is 806 g/mol. The smallest absolute Gasteiger partial charge is 0.308 e. The number of aromatic nitrogens is 3. The minimum absolute atomic E-state index is 0.104. The number of allylic oxidation sites excluding steroid dienone is 3. The first-order chi connectivity index (χ1) is 27.7. The van der Waals surface area contributed by atoms with E-state index in [9.17, 15) is 30.0 Å². The Kier molecular flexibility index (Phi) is 16.3. The SMILES string of the molecule is CC[C@H]1OC(=O)C[C@@H](O)[C@H](C)[C@@H](O[C@@H]2O[C@H](C)C(O)C(N(C)C)C2O)[C@@H](CCNCc2cn(-c3cccc4ccccc34)nn2)C[C@@H](C)C(=O)/C=C/C(C)=C/[C@@H]1CO. The van der Waals surface area contributed by atoms with Crippen LogP contribution in [0.15, 0.2) is 72.5 Å². The van der Waals surface area contributed by atoms with Gasteiger partial charge in [-0.25, -0.2) is 4.68 Å².